The monoisotopic (exact) mass is 310 g/mol. The van der Waals surface area contributed by atoms with Crippen LogP contribution in [0.4, 0.5) is 0 Å². The molecule has 0 aliphatic heterocycles. The fourth-order valence-electron chi connectivity index (χ4n) is 2.89. The zero-order valence-electron chi connectivity index (χ0n) is 15.3. The lowest BCUT2D eigenvalue weighted by Gasteiger charge is -2.24. The van der Waals surface area contributed by atoms with Crippen LogP contribution in [0.25, 0.3) is 0 Å². The maximum atomic E-state index is 4.54. The van der Waals surface area contributed by atoms with E-state index in [9.17, 15) is 0 Å². The van der Waals surface area contributed by atoms with Gasteiger partial charge in [0.15, 0.2) is 0 Å². The number of hydrogen-bond donors (Lipinski definition) is 0. The van der Waals surface area contributed by atoms with Gasteiger partial charge in [-0.1, -0.05) is 40.7 Å². The van der Waals surface area contributed by atoms with Gasteiger partial charge in [0.05, 0.1) is 0 Å². The van der Waals surface area contributed by atoms with E-state index in [-0.39, 0.29) is 5.41 Å². The largest absolute Gasteiger partial charge is 0.261 e. The quantitative estimate of drug-likeness (QED) is 0.726. The second-order valence-electron chi connectivity index (χ2n) is 8.55. The standard InChI is InChI=1S/C21H30N2/c1-20(2,3)11-9-18-14-17(10-13-23-18)15-21(4,5)16-19-8-6-7-12-22-19/h6-8,10,12-14H,9,11,15-16H2,1-5H3. The molecule has 0 atom stereocenters. The molecule has 2 rings (SSSR count). The van der Waals surface area contributed by atoms with E-state index < -0.39 is 0 Å². The van der Waals surface area contributed by atoms with Crippen molar-refractivity contribution in [3.63, 3.8) is 0 Å². The minimum atomic E-state index is 0.191. The van der Waals surface area contributed by atoms with E-state index in [1.807, 2.05) is 18.5 Å². The number of pyridine rings is 2. The molecule has 0 aliphatic carbocycles. The Morgan fingerprint density at radius 2 is 1.57 bits per heavy atom. The fraction of sp³-hybridized carbons (Fsp3) is 0.524. The second kappa shape index (κ2) is 7.25. The third-order valence-corrected chi connectivity index (χ3v) is 4.08. The molecule has 0 fully saturated rings. The Kier molecular flexibility index (Phi) is 5.56. The molecular formula is C21H30N2. The number of hydrogen-bond acceptors (Lipinski definition) is 2. The molecule has 2 heteroatoms. The van der Waals surface area contributed by atoms with E-state index in [1.165, 1.54) is 23.4 Å². The molecule has 2 aromatic heterocycles. The van der Waals surface area contributed by atoms with Gasteiger partial charge in [-0.15, -0.1) is 0 Å². The van der Waals surface area contributed by atoms with Gasteiger partial charge in [-0.25, -0.2) is 0 Å². The summed E-state index contributed by atoms with van der Waals surface area (Å²) in [5.74, 6) is 0. The van der Waals surface area contributed by atoms with Crippen molar-refractivity contribution < 1.29 is 0 Å². The van der Waals surface area contributed by atoms with E-state index >= 15 is 0 Å². The maximum Gasteiger partial charge on any atom is 0.0409 e. The molecular weight excluding hydrogens is 280 g/mol. The van der Waals surface area contributed by atoms with E-state index in [0.717, 1.165) is 19.3 Å². The first-order chi connectivity index (χ1) is 10.7. The summed E-state index contributed by atoms with van der Waals surface area (Å²) in [6.45, 7) is 11.5. The molecule has 0 bridgehead atoms. The highest BCUT2D eigenvalue weighted by Gasteiger charge is 2.20. The summed E-state index contributed by atoms with van der Waals surface area (Å²) in [5, 5.41) is 0. The summed E-state index contributed by atoms with van der Waals surface area (Å²) in [7, 11) is 0. The Morgan fingerprint density at radius 3 is 2.22 bits per heavy atom. The molecule has 0 spiro atoms. The Morgan fingerprint density at radius 1 is 0.826 bits per heavy atom. The molecule has 2 aromatic rings. The summed E-state index contributed by atoms with van der Waals surface area (Å²) in [6.07, 6.45) is 8.10. The molecule has 0 amide bonds. The summed E-state index contributed by atoms with van der Waals surface area (Å²) in [5.41, 5.74) is 4.31. The van der Waals surface area contributed by atoms with E-state index in [4.69, 9.17) is 0 Å². The third kappa shape index (κ3) is 6.52. The van der Waals surface area contributed by atoms with Crippen molar-refractivity contribution in [2.24, 2.45) is 10.8 Å². The molecule has 0 aliphatic rings. The van der Waals surface area contributed by atoms with Gasteiger partial charge in [0.1, 0.15) is 0 Å². The third-order valence-electron chi connectivity index (χ3n) is 4.08. The predicted octanol–water partition coefficient (Wildman–Crippen LogP) is 5.27. The average molecular weight is 310 g/mol. The summed E-state index contributed by atoms with van der Waals surface area (Å²) in [4.78, 5) is 9.01. The SMILES string of the molecule is CC(C)(C)CCc1cc(CC(C)(C)Cc2ccccn2)ccn1. The number of rotatable bonds is 6. The smallest absolute Gasteiger partial charge is 0.0409 e. The number of aromatic nitrogens is 2. The maximum absolute atomic E-state index is 4.54. The highest BCUT2D eigenvalue weighted by atomic mass is 14.7. The Hall–Kier alpha value is -1.70. The van der Waals surface area contributed by atoms with Crippen LogP contribution in [0.2, 0.25) is 0 Å². The molecule has 124 valence electrons. The normalized spacial score (nSPS) is 12.4. The van der Waals surface area contributed by atoms with E-state index in [0.29, 0.717) is 5.41 Å². The average Bonchev–Trinajstić information content (AvgIpc) is 2.45. The van der Waals surface area contributed by atoms with Crippen molar-refractivity contribution in [3.8, 4) is 0 Å². The van der Waals surface area contributed by atoms with Gasteiger partial charge in [-0.05, 0) is 66.3 Å². The van der Waals surface area contributed by atoms with E-state index in [1.54, 1.807) is 0 Å². The lowest BCUT2D eigenvalue weighted by atomic mass is 9.81. The molecule has 0 saturated carbocycles. The van der Waals surface area contributed by atoms with Gasteiger partial charge in [-0.3, -0.25) is 9.97 Å². The zero-order chi connectivity index (χ0) is 16.9. The Balaban J connectivity index is 2.01. The summed E-state index contributed by atoms with van der Waals surface area (Å²) < 4.78 is 0. The topological polar surface area (TPSA) is 25.8 Å². The summed E-state index contributed by atoms with van der Waals surface area (Å²) in [6, 6.07) is 10.6. The molecule has 0 N–H and O–H groups in total. The van der Waals surface area contributed by atoms with Crippen LogP contribution in [0.3, 0.4) is 0 Å². The highest BCUT2D eigenvalue weighted by molar-refractivity contribution is 5.19. The van der Waals surface area contributed by atoms with Crippen molar-refractivity contribution in [2.45, 2.75) is 60.3 Å². The minimum absolute atomic E-state index is 0.191. The molecule has 2 heterocycles. The van der Waals surface area contributed by atoms with Crippen molar-refractivity contribution in [3.05, 3.63) is 59.7 Å². The fourth-order valence-corrected chi connectivity index (χ4v) is 2.89. The lowest BCUT2D eigenvalue weighted by molar-refractivity contribution is 0.356. The Labute approximate surface area is 141 Å². The van der Waals surface area contributed by atoms with Crippen LogP contribution in [0.1, 0.15) is 58.0 Å². The first-order valence-corrected chi connectivity index (χ1v) is 8.57. The molecule has 23 heavy (non-hydrogen) atoms. The van der Waals surface area contributed by atoms with Crippen LogP contribution in [0.15, 0.2) is 42.7 Å². The lowest BCUT2D eigenvalue weighted by Crippen LogP contribution is -2.19. The first-order valence-electron chi connectivity index (χ1n) is 8.57. The van der Waals surface area contributed by atoms with Gasteiger partial charge < -0.3 is 0 Å². The van der Waals surface area contributed by atoms with Gasteiger partial charge in [0.25, 0.3) is 0 Å². The summed E-state index contributed by atoms with van der Waals surface area (Å²) >= 11 is 0. The minimum Gasteiger partial charge on any atom is -0.261 e. The van der Waals surface area contributed by atoms with Crippen LogP contribution < -0.4 is 0 Å². The van der Waals surface area contributed by atoms with Crippen molar-refractivity contribution in [1.29, 1.82) is 0 Å². The van der Waals surface area contributed by atoms with Gasteiger partial charge in [0.2, 0.25) is 0 Å². The van der Waals surface area contributed by atoms with Crippen molar-refractivity contribution >= 4 is 0 Å². The van der Waals surface area contributed by atoms with Gasteiger partial charge >= 0.3 is 0 Å². The molecule has 0 unspecified atom stereocenters. The van der Waals surface area contributed by atoms with Crippen LogP contribution in [0, 0.1) is 10.8 Å². The predicted molar refractivity (Wildman–Crippen MR) is 97.4 cm³/mol. The van der Waals surface area contributed by atoms with Crippen LogP contribution in [-0.4, -0.2) is 9.97 Å². The molecule has 0 radical (unpaired) electrons. The second-order valence-corrected chi connectivity index (χ2v) is 8.55. The van der Waals surface area contributed by atoms with Crippen LogP contribution in [-0.2, 0) is 19.3 Å². The van der Waals surface area contributed by atoms with Crippen molar-refractivity contribution in [2.75, 3.05) is 0 Å². The highest BCUT2D eigenvalue weighted by Crippen LogP contribution is 2.27. The molecule has 0 saturated heterocycles. The number of aryl methyl sites for hydroxylation is 1. The number of nitrogens with zero attached hydrogens (tertiary/aromatic N) is 2. The van der Waals surface area contributed by atoms with E-state index in [2.05, 4.69) is 68.9 Å². The van der Waals surface area contributed by atoms with Gasteiger partial charge in [-0.2, -0.15) is 0 Å². The first kappa shape index (κ1) is 17.7. The van der Waals surface area contributed by atoms with Gasteiger partial charge in [0, 0.05) is 23.8 Å². The zero-order valence-corrected chi connectivity index (χ0v) is 15.3. The Bertz CT molecular complexity index is 609. The molecule has 2 nitrogen and oxygen atoms in total. The molecule has 0 aromatic carbocycles. The van der Waals surface area contributed by atoms with Crippen LogP contribution >= 0.6 is 0 Å². The van der Waals surface area contributed by atoms with Crippen LogP contribution in [0.5, 0.6) is 0 Å². The van der Waals surface area contributed by atoms with Crippen molar-refractivity contribution in [1.82, 2.24) is 9.97 Å².